The molecular weight excluding hydrogens is 276 g/mol. The molecule has 0 atom stereocenters. The first-order chi connectivity index (χ1) is 7.60. The number of alkyl halides is 7. The molecule has 0 heterocycles. The van der Waals surface area contributed by atoms with Gasteiger partial charge in [-0.3, -0.25) is 4.79 Å². The lowest BCUT2D eigenvalue weighted by atomic mass is 10.1. The van der Waals surface area contributed by atoms with Gasteiger partial charge in [-0.1, -0.05) is 0 Å². The van der Waals surface area contributed by atoms with E-state index in [0.717, 1.165) is 0 Å². The maximum Gasteiger partial charge on any atom is 0.409 e. The van der Waals surface area contributed by atoms with Crippen molar-refractivity contribution in [3.8, 4) is 0 Å². The first-order valence-electron chi connectivity index (χ1n) is 4.57. The SMILES string of the molecule is O=C(NCCCCCl)C(C(F)(F)F)C(F)(F)F. The zero-order chi connectivity index (χ0) is 13.7. The fraction of sp³-hybridized carbons (Fsp3) is 0.875. The molecule has 0 saturated heterocycles. The highest BCUT2D eigenvalue weighted by atomic mass is 35.5. The Morgan fingerprint density at radius 3 is 1.88 bits per heavy atom. The number of hydrogen-bond acceptors (Lipinski definition) is 1. The molecular formula is C8H10ClF6NO. The number of carbonyl (C=O) groups is 1. The normalized spacial score (nSPS) is 12.9. The Labute approximate surface area is 98.3 Å². The van der Waals surface area contributed by atoms with Crippen LogP contribution in [0.15, 0.2) is 0 Å². The molecule has 0 aromatic rings. The Balaban J connectivity index is 4.47. The molecule has 0 aromatic heterocycles. The Morgan fingerprint density at radius 2 is 1.53 bits per heavy atom. The average Bonchev–Trinajstić information content (AvgIpc) is 2.07. The number of rotatable bonds is 5. The molecule has 2 nitrogen and oxygen atoms in total. The fourth-order valence-corrected chi connectivity index (χ4v) is 1.20. The zero-order valence-electron chi connectivity index (χ0n) is 8.46. The smallest absolute Gasteiger partial charge is 0.355 e. The summed E-state index contributed by atoms with van der Waals surface area (Å²) in [4.78, 5) is 10.8. The number of amides is 1. The summed E-state index contributed by atoms with van der Waals surface area (Å²) in [5.74, 6) is -5.84. The minimum Gasteiger partial charge on any atom is -0.355 e. The summed E-state index contributed by atoms with van der Waals surface area (Å²) in [6.45, 7) is -0.270. The standard InChI is InChI=1S/C8H10ClF6NO/c9-3-1-2-4-16-6(17)5(7(10,11)12)8(13,14)15/h5H,1-4H2,(H,16,17). The Hall–Kier alpha value is -0.660. The quantitative estimate of drug-likeness (QED) is 0.470. The molecule has 0 unspecified atom stereocenters. The molecule has 0 rings (SSSR count). The molecule has 9 heteroatoms. The highest BCUT2D eigenvalue weighted by molar-refractivity contribution is 6.17. The summed E-state index contributed by atoms with van der Waals surface area (Å²) in [6, 6.07) is 0. The van der Waals surface area contributed by atoms with Crippen molar-refractivity contribution < 1.29 is 31.1 Å². The number of halogens is 7. The summed E-state index contributed by atoms with van der Waals surface area (Å²) in [6.07, 6.45) is -10.7. The molecule has 17 heavy (non-hydrogen) atoms. The van der Waals surface area contributed by atoms with Crippen molar-refractivity contribution in [2.24, 2.45) is 5.92 Å². The topological polar surface area (TPSA) is 29.1 Å². The molecule has 1 amide bonds. The van der Waals surface area contributed by atoms with Gasteiger partial charge in [0.1, 0.15) is 0 Å². The summed E-state index contributed by atoms with van der Waals surface area (Å²) in [7, 11) is 0. The van der Waals surface area contributed by atoms with E-state index in [0.29, 0.717) is 6.42 Å². The maximum atomic E-state index is 12.0. The van der Waals surface area contributed by atoms with Gasteiger partial charge in [-0.2, -0.15) is 26.3 Å². The van der Waals surface area contributed by atoms with Crippen molar-refractivity contribution in [3.05, 3.63) is 0 Å². The molecule has 0 radical (unpaired) electrons. The van der Waals surface area contributed by atoms with Gasteiger partial charge in [-0.25, -0.2) is 0 Å². The number of hydrogen-bond donors (Lipinski definition) is 1. The van der Waals surface area contributed by atoms with Crippen molar-refractivity contribution in [2.75, 3.05) is 12.4 Å². The van der Waals surface area contributed by atoms with Crippen molar-refractivity contribution in [1.82, 2.24) is 5.32 Å². The van der Waals surface area contributed by atoms with E-state index in [9.17, 15) is 31.1 Å². The molecule has 0 aliphatic carbocycles. The van der Waals surface area contributed by atoms with Crippen LogP contribution in [0.1, 0.15) is 12.8 Å². The molecule has 102 valence electrons. The molecule has 0 aliphatic rings. The number of nitrogens with one attached hydrogen (secondary N) is 1. The summed E-state index contributed by atoms with van der Waals surface area (Å²) in [5.41, 5.74) is 0. The van der Waals surface area contributed by atoms with Gasteiger partial charge in [-0.05, 0) is 12.8 Å². The van der Waals surface area contributed by atoms with E-state index in [1.807, 2.05) is 0 Å². The third kappa shape index (κ3) is 5.99. The molecule has 1 N–H and O–H groups in total. The summed E-state index contributed by atoms with van der Waals surface area (Å²) in [5, 5.41) is 1.59. The first-order valence-corrected chi connectivity index (χ1v) is 5.11. The largest absolute Gasteiger partial charge is 0.409 e. The monoisotopic (exact) mass is 285 g/mol. The van der Waals surface area contributed by atoms with Gasteiger partial charge < -0.3 is 5.32 Å². The van der Waals surface area contributed by atoms with Gasteiger partial charge >= 0.3 is 12.4 Å². The number of carbonyl (C=O) groups excluding carboxylic acids is 1. The van der Waals surface area contributed by atoms with Crippen LogP contribution in [0.5, 0.6) is 0 Å². The average molecular weight is 286 g/mol. The van der Waals surface area contributed by atoms with Gasteiger partial charge in [0.2, 0.25) is 11.8 Å². The molecule has 0 fully saturated rings. The van der Waals surface area contributed by atoms with Crippen LogP contribution in [0, 0.1) is 5.92 Å². The van der Waals surface area contributed by atoms with E-state index < -0.39 is 24.2 Å². The van der Waals surface area contributed by atoms with E-state index in [4.69, 9.17) is 11.6 Å². The van der Waals surface area contributed by atoms with Crippen molar-refractivity contribution in [3.63, 3.8) is 0 Å². The van der Waals surface area contributed by atoms with E-state index in [2.05, 4.69) is 0 Å². The van der Waals surface area contributed by atoms with E-state index in [1.165, 1.54) is 0 Å². The summed E-state index contributed by atoms with van der Waals surface area (Å²) < 4.78 is 72.2. The van der Waals surface area contributed by atoms with Crippen LogP contribution in [0.4, 0.5) is 26.3 Å². The lowest BCUT2D eigenvalue weighted by Crippen LogP contribution is -2.48. The zero-order valence-corrected chi connectivity index (χ0v) is 9.22. The fourth-order valence-electron chi connectivity index (χ4n) is 1.02. The van der Waals surface area contributed by atoms with Crippen molar-refractivity contribution >= 4 is 17.5 Å². The Bertz CT molecular complexity index is 237. The van der Waals surface area contributed by atoms with Crippen LogP contribution in [-0.4, -0.2) is 30.7 Å². The minimum atomic E-state index is -5.64. The van der Waals surface area contributed by atoms with Gasteiger partial charge in [0.25, 0.3) is 0 Å². The Morgan fingerprint density at radius 1 is 1.06 bits per heavy atom. The third-order valence-corrected chi connectivity index (χ3v) is 2.04. The van der Waals surface area contributed by atoms with Crippen LogP contribution in [-0.2, 0) is 4.79 Å². The highest BCUT2D eigenvalue weighted by Gasteiger charge is 2.60. The first kappa shape index (κ1) is 16.3. The van der Waals surface area contributed by atoms with Crippen LogP contribution < -0.4 is 5.32 Å². The second kappa shape index (κ2) is 6.32. The lowest BCUT2D eigenvalue weighted by Gasteiger charge is -2.21. The van der Waals surface area contributed by atoms with Crippen molar-refractivity contribution in [2.45, 2.75) is 25.2 Å². The second-order valence-electron chi connectivity index (χ2n) is 3.20. The van der Waals surface area contributed by atoms with Crippen LogP contribution >= 0.6 is 11.6 Å². The third-order valence-electron chi connectivity index (χ3n) is 1.78. The van der Waals surface area contributed by atoms with Gasteiger partial charge in [0, 0.05) is 12.4 Å². The number of unbranched alkanes of at least 4 members (excludes halogenated alkanes) is 1. The second-order valence-corrected chi connectivity index (χ2v) is 3.58. The molecule has 0 aromatic carbocycles. The van der Waals surface area contributed by atoms with E-state index >= 15 is 0 Å². The van der Waals surface area contributed by atoms with Crippen LogP contribution in [0.25, 0.3) is 0 Å². The minimum absolute atomic E-state index is 0.220. The summed E-state index contributed by atoms with van der Waals surface area (Å²) >= 11 is 5.25. The highest BCUT2D eigenvalue weighted by Crippen LogP contribution is 2.39. The predicted molar refractivity (Wildman–Crippen MR) is 48.6 cm³/mol. The van der Waals surface area contributed by atoms with Gasteiger partial charge in [0.05, 0.1) is 0 Å². The van der Waals surface area contributed by atoms with Crippen molar-refractivity contribution in [1.29, 1.82) is 0 Å². The van der Waals surface area contributed by atoms with E-state index in [1.54, 1.807) is 5.32 Å². The predicted octanol–water partition coefficient (Wildman–Crippen LogP) is 2.86. The maximum absolute atomic E-state index is 12.0. The molecule has 0 spiro atoms. The van der Waals surface area contributed by atoms with Gasteiger partial charge in [-0.15, -0.1) is 11.6 Å². The molecule has 0 aliphatic heterocycles. The van der Waals surface area contributed by atoms with Gasteiger partial charge in [0.15, 0.2) is 0 Å². The lowest BCUT2D eigenvalue weighted by molar-refractivity contribution is -0.274. The van der Waals surface area contributed by atoms with E-state index in [-0.39, 0.29) is 18.8 Å². The Kier molecular flexibility index (Phi) is 6.08. The van der Waals surface area contributed by atoms with Crippen LogP contribution in [0.3, 0.4) is 0 Å². The van der Waals surface area contributed by atoms with Crippen LogP contribution in [0.2, 0.25) is 0 Å². The molecule has 0 bridgehead atoms. The molecule has 0 saturated carbocycles.